The van der Waals surface area contributed by atoms with Gasteiger partial charge >= 0.3 is 6.18 Å². The molecule has 24 heavy (non-hydrogen) atoms. The van der Waals surface area contributed by atoms with Gasteiger partial charge in [-0.05, 0) is 18.2 Å². The van der Waals surface area contributed by atoms with E-state index in [1.807, 2.05) is 0 Å². The van der Waals surface area contributed by atoms with Gasteiger partial charge in [0.05, 0.1) is 17.6 Å². The number of hydrogen-bond acceptors (Lipinski definition) is 3. The number of benzene rings is 2. The molecule has 0 spiro atoms. The van der Waals surface area contributed by atoms with Gasteiger partial charge in [-0.1, -0.05) is 30.3 Å². The molecular weight excluding hydrogens is 343 g/mol. The summed E-state index contributed by atoms with van der Waals surface area (Å²) >= 11 is 0. The van der Waals surface area contributed by atoms with Crippen molar-refractivity contribution in [3.8, 4) is 5.75 Å². The maximum Gasteiger partial charge on any atom is 0.417 e. The van der Waals surface area contributed by atoms with E-state index >= 15 is 0 Å². The first-order valence-electron chi connectivity index (χ1n) is 6.92. The lowest BCUT2D eigenvalue weighted by Gasteiger charge is -2.21. The number of rotatable bonds is 5. The molecule has 130 valence electrons. The van der Waals surface area contributed by atoms with Crippen LogP contribution in [0.25, 0.3) is 0 Å². The monoisotopic (exact) mass is 359 g/mol. The zero-order chi connectivity index (χ0) is 18.0. The zero-order valence-corrected chi connectivity index (χ0v) is 13.9. The standard InChI is InChI=1S/C16H16F3NO3S/c1-20(11-12-7-3-5-9-14(12)23-2)24(21,22)15-10-6-4-8-13(15)16(17,18)19/h3-10H,11H2,1-2H3. The summed E-state index contributed by atoms with van der Waals surface area (Å²) < 4.78 is 70.4. The number of halogens is 3. The van der Waals surface area contributed by atoms with E-state index in [1.165, 1.54) is 20.2 Å². The molecule has 2 aromatic carbocycles. The van der Waals surface area contributed by atoms with Gasteiger partial charge in [-0.25, -0.2) is 8.42 Å². The predicted octanol–water partition coefficient (Wildman–Crippen LogP) is 3.53. The molecule has 0 aliphatic heterocycles. The van der Waals surface area contributed by atoms with E-state index in [1.54, 1.807) is 24.3 Å². The summed E-state index contributed by atoms with van der Waals surface area (Å²) in [6, 6.07) is 10.8. The van der Waals surface area contributed by atoms with Gasteiger partial charge in [-0.15, -0.1) is 0 Å². The predicted molar refractivity (Wildman–Crippen MR) is 83.1 cm³/mol. The number of alkyl halides is 3. The quantitative estimate of drug-likeness (QED) is 0.820. The van der Waals surface area contributed by atoms with Crippen LogP contribution in [-0.4, -0.2) is 26.9 Å². The Hall–Kier alpha value is -2.06. The van der Waals surface area contributed by atoms with Crippen LogP contribution in [0.4, 0.5) is 13.2 Å². The second-order valence-corrected chi connectivity index (χ2v) is 7.08. The summed E-state index contributed by atoms with van der Waals surface area (Å²) in [5.74, 6) is 0.462. The van der Waals surface area contributed by atoms with Gasteiger partial charge in [0.2, 0.25) is 10.0 Å². The summed E-state index contributed by atoms with van der Waals surface area (Å²) in [6.45, 7) is -0.113. The smallest absolute Gasteiger partial charge is 0.417 e. The Morgan fingerprint density at radius 1 is 1.04 bits per heavy atom. The van der Waals surface area contributed by atoms with Crippen molar-refractivity contribution in [2.45, 2.75) is 17.6 Å². The molecular formula is C16H16F3NO3S. The van der Waals surface area contributed by atoms with Crippen molar-refractivity contribution in [3.05, 3.63) is 59.7 Å². The minimum absolute atomic E-state index is 0.113. The van der Waals surface area contributed by atoms with E-state index in [-0.39, 0.29) is 6.54 Å². The highest BCUT2D eigenvalue weighted by molar-refractivity contribution is 7.89. The second-order valence-electron chi connectivity index (χ2n) is 5.07. The normalized spacial score (nSPS) is 12.4. The highest BCUT2D eigenvalue weighted by Crippen LogP contribution is 2.35. The topological polar surface area (TPSA) is 46.6 Å². The van der Waals surface area contributed by atoms with E-state index in [2.05, 4.69) is 0 Å². The molecule has 0 heterocycles. The Morgan fingerprint density at radius 2 is 1.62 bits per heavy atom. The number of hydrogen-bond donors (Lipinski definition) is 0. The number of nitrogens with zero attached hydrogens (tertiary/aromatic N) is 1. The van der Waals surface area contributed by atoms with Crippen LogP contribution in [0.15, 0.2) is 53.4 Å². The number of sulfonamides is 1. The molecule has 0 amide bonds. The first-order valence-corrected chi connectivity index (χ1v) is 8.36. The Bertz CT molecular complexity index is 819. The average Bonchev–Trinajstić information content (AvgIpc) is 2.54. The van der Waals surface area contributed by atoms with Gasteiger partial charge in [0, 0.05) is 19.2 Å². The lowest BCUT2D eigenvalue weighted by Crippen LogP contribution is -2.28. The maximum absolute atomic E-state index is 13.1. The highest BCUT2D eigenvalue weighted by Gasteiger charge is 2.38. The summed E-state index contributed by atoms with van der Waals surface area (Å²) in [5.41, 5.74) is -0.632. The molecule has 0 radical (unpaired) electrons. The van der Waals surface area contributed by atoms with E-state index < -0.39 is 26.7 Å². The number of ether oxygens (including phenoxy) is 1. The zero-order valence-electron chi connectivity index (χ0n) is 13.0. The van der Waals surface area contributed by atoms with Crippen molar-refractivity contribution in [3.63, 3.8) is 0 Å². The lowest BCUT2D eigenvalue weighted by molar-refractivity contribution is -0.139. The molecule has 0 saturated carbocycles. The van der Waals surface area contributed by atoms with Crippen LogP contribution in [-0.2, 0) is 22.7 Å². The molecule has 8 heteroatoms. The Balaban J connectivity index is 2.41. The molecule has 0 N–H and O–H groups in total. The average molecular weight is 359 g/mol. The minimum Gasteiger partial charge on any atom is -0.496 e. The van der Waals surface area contributed by atoms with E-state index in [9.17, 15) is 21.6 Å². The molecule has 0 saturated heterocycles. The van der Waals surface area contributed by atoms with Crippen LogP contribution < -0.4 is 4.74 Å². The molecule has 2 rings (SSSR count). The lowest BCUT2D eigenvalue weighted by atomic mass is 10.2. The van der Waals surface area contributed by atoms with Crippen LogP contribution in [0, 0.1) is 0 Å². The third-order valence-corrected chi connectivity index (χ3v) is 5.33. The van der Waals surface area contributed by atoms with Crippen molar-refractivity contribution in [2.24, 2.45) is 0 Å². The molecule has 2 aromatic rings. The Kier molecular flexibility index (Phi) is 5.19. The Morgan fingerprint density at radius 3 is 2.25 bits per heavy atom. The van der Waals surface area contributed by atoms with Gasteiger partial charge in [0.1, 0.15) is 5.75 Å². The van der Waals surface area contributed by atoms with Crippen molar-refractivity contribution in [1.82, 2.24) is 4.31 Å². The number of methoxy groups -OCH3 is 1. The largest absolute Gasteiger partial charge is 0.496 e. The Labute approximate surface area is 138 Å². The first kappa shape index (κ1) is 18.3. The van der Waals surface area contributed by atoms with Gasteiger partial charge in [0.25, 0.3) is 0 Å². The summed E-state index contributed by atoms with van der Waals surface area (Å²) in [6.07, 6.45) is -4.76. The molecule has 0 aromatic heterocycles. The van der Waals surface area contributed by atoms with Crippen molar-refractivity contribution >= 4 is 10.0 Å². The van der Waals surface area contributed by atoms with Crippen LogP contribution in [0.3, 0.4) is 0 Å². The number of para-hydroxylation sites is 1. The summed E-state index contributed by atoms with van der Waals surface area (Å²) in [4.78, 5) is -0.769. The molecule has 0 fully saturated rings. The molecule has 0 atom stereocenters. The molecule has 4 nitrogen and oxygen atoms in total. The maximum atomic E-state index is 13.1. The fourth-order valence-corrected chi connectivity index (χ4v) is 3.61. The molecule has 0 aliphatic carbocycles. The van der Waals surface area contributed by atoms with E-state index in [4.69, 9.17) is 4.74 Å². The van der Waals surface area contributed by atoms with Gasteiger partial charge in [-0.3, -0.25) is 0 Å². The van der Waals surface area contributed by atoms with Crippen LogP contribution in [0.1, 0.15) is 11.1 Å². The van der Waals surface area contributed by atoms with Gasteiger partial charge in [0.15, 0.2) is 0 Å². The molecule has 0 unspecified atom stereocenters. The minimum atomic E-state index is -4.76. The summed E-state index contributed by atoms with van der Waals surface area (Å²) in [5, 5.41) is 0. The van der Waals surface area contributed by atoms with E-state index in [0.717, 1.165) is 22.5 Å². The fraction of sp³-hybridized carbons (Fsp3) is 0.250. The second kappa shape index (κ2) is 6.82. The molecule has 0 bridgehead atoms. The summed E-state index contributed by atoms with van der Waals surface area (Å²) in [7, 11) is -1.65. The SMILES string of the molecule is COc1ccccc1CN(C)S(=O)(=O)c1ccccc1C(F)(F)F. The first-order chi connectivity index (χ1) is 11.2. The van der Waals surface area contributed by atoms with E-state index in [0.29, 0.717) is 11.3 Å². The van der Waals surface area contributed by atoms with Crippen molar-refractivity contribution in [2.75, 3.05) is 14.2 Å². The third-order valence-electron chi connectivity index (χ3n) is 3.47. The molecule has 0 aliphatic rings. The van der Waals surface area contributed by atoms with Gasteiger partial charge in [-0.2, -0.15) is 17.5 Å². The van der Waals surface area contributed by atoms with Gasteiger partial charge < -0.3 is 4.74 Å². The van der Waals surface area contributed by atoms with Crippen LogP contribution >= 0.6 is 0 Å². The third kappa shape index (κ3) is 3.70. The van der Waals surface area contributed by atoms with Crippen molar-refractivity contribution in [1.29, 1.82) is 0 Å². The highest BCUT2D eigenvalue weighted by atomic mass is 32.2. The van der Waals surface area contributed by atoms with Crippen LogP contribution in [0.2, 0.25) is 0 Å². The fourth-order valence-electron chi connectivity index (χ4n) is 2.25. The van der Waals surface area contributed by atoms with Crippen LogP contribution in [0.5, 0.6) is 5.75 Å². The van der Waals surface area contributed by atoms with Crippen molar-refractivity contribution < 1.29 is 26.3 Å².